The molecular formula is C6H6O4-2. The Bertz CT molecular complexity index is 164. The number of hydrogen-bond donors (Lipinski definition) is 0. The van der Waals surface area contributed by atoms with Crippen molar-refractivity contribution in [3.05, 3.63) is 11.6 Å². The summed E-state index contributed by atoms with van der Waals surface area (Å²) in [6.07, 6.45) is 1.36. The van der Waals surface area contributed by atoms with Crippen molar-refractivity contribution in [3.63, 3.8) is 0 Å². The fraction of sp³-hybridized carbons (Fsp3) is 0.333. The smallest absolute Gasteiger partial charge is 0.0730 e. The standard InChI is InChI=1S/C6H8O4/c1-2-3-4(5(7)8)6(9)10/h3H,2H2,1H3,(H,7,8)(H,9,10)/p-2. The van der Waals surface area contributed by atoms with Gasteiger partial charge in [0.15, 0.2) is 0 Å². The van der Waals surface area contributed by atoms with E-state index in [0.29, 0.717) is 6.42 Å². The SMILES string of the molecule is CCC=C(C(=O)[O-])C(=O)[O-]. The van der Waals surface area contributed by atoms with Crippen LogP contribution >= 0.6 is 0 Å². The molecule has 0 aliphatic carbocycles. The molecule has 0 aliphatic heterocycles. The van der Waals surface area contributed by atoms with E-state index in [2.05, 4.69) is 0 Å². The highest BCUT2D eigenvalue weighted by Crippen LogP contribution is 1.92. The van der Waals surface area contributed by atoms with E-state index in [0.717, 1.165) is 6.08 Å². The predicted molar refractivity (Wildman–Crippen MR) is 28.4 cm³/mol. The fourth-order valence-corrected chi connectivity index (χ4v) is 0.454. The first-order chi connectivity index (χ1) is 4.59. The number of carboxylic acid groups (broad SMARTS) is 2. The van der Waals surface area contributed by atoms with Gasteiger partial charge in [-0.1, -0.05) is 13.0 Å². The summed E-state index contributed by atoms with van der Waals surface area (Å²) in [6.45, 7) is 1.62. The maximum atomic E-state index is 9.93. The lowest BCUT2D eigenvalue weighted by Crippen LogP contribution is -2.36. The normalized spacial score (nSPS) is 8.50. The van der Waals surface area contributed by atoms with E-state index in [1.807, 2.05) is 0 Å². The second kappa shape index (κ2) is 3.66. The molecule has 0 heterocycles. The van der Waals surface area contributed by atoms with E-state index >= 15 is 0 Å². The van der Waals surface area contributed by atoms with Crippen molar-refractivity contribution in [2.75, 3.05) is 0 Å². The average molecular weight is 142 g/mol. The van der Waals surface area contributed by atoms with E-state index in [1.54, 1.807) is 6.92 Å². The van der Waals surface area contributed by atoms with Gasteiger partial charge in [0.05, 0.1) is 11.9 Å². The van der Waals surface area contributed by atoms with Crippen LogP contribution in [0.3, 0.4) is 0 Å². The zero-order valence-electron chi connectivity index (χ0n) is 5.42. The van der Waals surface area contributed by atoms with Crippen molar-refractivity contribution in [1.29, 1.82) is 0 Å². The van der Waals surface area contributed by atoms with Gasteiger partial charge in [-0.2, -0.15) is 0 Å². The summed E-state index contributed by atoms with van der Waals surface area (Å²) in [5, 5.41) is 19.9. The summed E-state index contributed by atoms with van der Waals surface area (Å²) in [6, 6.07) is 0. The molecule has 0 N–H and O–H groups in total. The van der Waals surface area contributed by atoms with Crippen molar-refractivity contribution in [2.24, 2.45) is 0 Å². The van der Waals surface area contributed by atoms with Crippen LogP contribution in [0.15, 0.2) is 11.6 Å². The summed E-state index contributed by atoms with van der Waals surface area (Å²) in [4.78, 5) is 19.9. The van der Waals surface area contributed by atoms with Gasteiger partial charge in [0.25, 0.3) is 0 Å². The number of allylic oxidation sites excluding steroid dienone is 1. The Kier molecular flexibility index (Phi) is 3.17. The molecule has 0 aliphatic rings. The van der Waals surface area contributed by atoms with Crippen molar-refractivity contribution in [1.82, 2.24) is 0 Å². The molecule has 0 spiro atoms. The number of aliphatic carboxylic acids is 2. The van der Waals surface area contributed by atoms with Gasteiger partial charge in [0.2, 0.25) is 0 Å². The number of hydrogen-bond acceptors (Lipinski definition) is 4. The molecule has 0 atom stereocenters. The second-order valence-electron chi connectivity index (χ2n) is 1.60. The van der Waals surface area contributed by atoms with Crippen molar-refractivity contribution in [3.8, 4) is 0 Å². The largest absolute Gasteiger partial charge is 0.545 e. The van der Waals surface area contributed by atoms with Crippen LogP contribution in [0, 0.1) is 0 Å². The third-order valence-electron chi connectivity index (χ3n) is 0.848. The van der Waals surface area contributed by atoms with Gasteiger partial charge < -0.3 is 19.8 Å². The number of carbonyl (C=O) groups is 2. The van der Waals surface area contributed by atoms with E-state index in [1.165, 1.54) is 0 Å². The Balaban J connectivity index is 4.42. The minimum Gasteiger partial charge on any atom is -0.545 e. The summed E-state index contributed by atoms with van der Waals surface area (Å²) in [5.41, 5.74) is -0.789. The Labute approximate surface area is 57.8 Å². The minimum absolute atomic E-state index is 0.331. The van der Waals surface area contributed by atoms with Gasteiger partial charge in [0.1, 0.15) is 0 Å². The van der Waals surface area contributed by atoms with Crippen molar-refractivity contribution in [2.45, 2.75) is 13.3 Å². The first-order valence-corrected chi connectivity index (χ1v) is 2.72. The molecule has 0 saturated heterocycles. The Morgan fingerprint density at radius 3 is 1.80 bits per heavy atom. The van der Waals surface area contributed by atoms with Crippen molar-refractivity contribution >= 4 is 11.9 Å². The lowest BCUT2D eigenvalue weighted by molar-refractivity contribution is -0.312. The second-order valence-corrected chi connectivity index (χ2v) is 1.60. The van der Waals surface area contributed by atoms with Gasteiger partial charge >= 0.3 is 0 Å². The van der Waals surface area contributed by atoms with Crippen LogP contribution in [-0.4, -0.2) is 11.9 Å². The van der Waals surface area contributed by atoms with Crippen LogP contribution in [0.2, 0.25) is 0 Å². The molecule has 4 heteroatoms. The lowest BCUT2D eigenvalue weighted by Gasteiger charge is -2.07. The quantitative estimate of drug-likeness (QED) is 0.255. The molecule has 4 nitrogen and oxygen atoms in total. The number of rotatable bonds is 3. The Morgan fingerprint density at radius 1 is 1.30 bits per heavy atom. The van der Waals surface area contributed by atoms with E-state index < -0.39 is 17.5 Å². The summed E-state index contributed by atoms with van der Waals surface area (Å²) < 4.78 is 0. The molecule has 56 valence electrons. The highest BCUT2D eigenvalue weighted by Gasteiger charge is 1.96. The first-order valence-electron chi connectivity index (χ1n) is 2.72. The van der Waals surface area contributed by atoms with Crippen LogP contribution in [0.5, 0.6) is 0 Å². The zero-order chi connectivity index (χ0) is 8.15. The topological polar surface area (TPSA) is 80.3 Å². The summed E-state index contributed by atoms with van der Waals surface area (Å²) in [7, 11) is 0. The molecule has 0 saturated carbocycles. The molecule has 10 heavy (non-hydrogen) atoms. The fourth-order valence-electron chi connectivity index (χ4n) is 0.454. The third-order valence-corrected chi connectivity index (χ3v) is 0.848. The molecule has 0 aromatic heterocycles. The minimum atomic E-state index is -1.71. The maximum Gasteiger partial charge on any atom is 0.0730 e. The molecule has 0 rings (SSSR count). The summed E-state index contributed by atoms with van der Waals surface area (Å²) >= 11 is 0. The van der Waals surface area contributed by atoms with Gasteiger partial charge in [-0.15, -0.1) is 0 Å². The monoisotopic (exact) mass is 142 g/mol. The molecule has 0 aromatic carbocycles. The van der Waals surface area contributed by atoms with Crippen LogP contribution in [0.1, 0.15) is 13.3 Å². The van der Waals surface area contributed by atoms with Gasteiger partial charge in [-0.25, -0.2) is 0 Å². The van der Waals surface area contributed by atoms with Gasteiger partial charge in [0, 0.05) is 5.57 Å². The molecule has 0 aromatic rings. The average Bonchev–Trinajstić information content (AvgIpc) is 1.81. The highest BCUT2D eigenvalue weighted by atomic mass is 16.4. The first kappa shape index (κ1) is 8.68. The van der Waals surface area contributed by atoms with Crippen LogP contribution in [-0.2, 0) is 9.59 Å². The predicted octanol–water partition coefficient (Wildman–Crippen LogP) is -2.18. The third kappa shape index (κ3) is 2.30. The number of carboxylic acids is 2. The molecule has 0 bridgehead atoms. The molecule has 0 unspecified atom stereocenters. The Hall–Kier alpha value is -1.32. The Morgan fingerprint density at radius 2 is 1.70 bits per heavy atom. The van der Waals surface area contributed by atoms with E-state index in [9.17, 15) is 19.8 Å². The molecule has 0 amide bonds. The zero-order valence-corrected chi connectivity index (χ0v) is 5.42. The van der Waals surface area contributed by atoms with Crippen LogP contribution in [0.4, 0.5) is 0 Å². The van der Waals surface area contributed by atoms with Crippen LogP contribution in [0.25, 0.3) is 0 Å². The number of carbonyl (C=O) groups excluding carboxylic acids is 2. The summed E-state index contributed by atoms with van der Waals surface area (Å²) in [5.74, 6) is -3.41. The van der Waals surface area contributed by atoms with E-state index in [4.69, 9.17) is 0 Å². The molecule has 0 radical (unpaired) electrons. The van der Waals surface area contributed by atoms with Crippen molar-refractivity contribution < 1.29 is 19.8 Å². The lowest BCUT2D eigenvalue weighted by atomic mass is 10.2. The van der Waals surface area contributed by atoms with Gasteiger partial charge in [-0.3, -0.25) is 0 Å². The highest BCUT2D eigenvalue weighted by molar-refractivity contribution is 6.10. The van der Waals surface area contributed by atoms with Gasteiger partial charge in [-0.05, 0) is 6.42 Å². The van der Waals surface area contributed by atoms with E-state index in [-0.39, 0.29) is 0 Å². The molecule has 0 fully saturated rings. The van der Waals surface area contributed by atoms with Crippen LogP contribution < -0.4 is 10.2 Å². The molecular weight excluding hydrogens is 136 g/mol. The maximum absolute atomic E-state index is 9.93.